The predicted octanol–water partition coefficient (Wildman–Crippen LogP) is 5.34. The van der Waals surface area contributed by atoms with Crippen LogP contribution < -0.4 is 0 Å². The number of methoxy groups -OCH3 is 1. The Bertz CT molecular complexity index is 335. The lowest BCUT2D eigenvalue weighted by molar-refractivity contribution is -0.143. The maximum Gasteiger partial charge on any atom is 0.305 e. The van der Waals surface area contributed by atoms with E-state index in [1.165, 1.54) is 57.8 Å². The van der Waals surface area contributed by atoms with Gasteiger partial charge in [0.15, 0.2) is 0 Å². The number of carbonyl (C=O) groups is 1. The summed E-state index contributed by atoms with van der Waals surface area (Å²) in [6, 6.07) is 0. The summed E-state index contributed by atoms with van der Waals surface area (Å²) in [6.07, 6.45) is 17.1. The SMILES string of the molecule is CCCCCCCCCCCOC(=O)CCCCCN1CCC(OC)C1. The quantitative estimate of drug-likeness (QED) is 0.256. The first-order valence-corrected chi connectivity index (χ1v) is 11.2. The molecule has 154 valence electrons. The summed E-state index contributed by atoms with van der Waals surface area (Å²) in [5, 5.41) is 0. The fourth-order valence-corrected chi connectivity index (χ4v) is 3.65. The Morgan fingerprint density at radius 3 is 2.23 bits per heavy atom. The second-order valence-corrected chi connectivity index (χ2v) is 7.81. The summed E-state index contributed by atoms with van der Waals surface area (Å²) in [4.78, 5) is 14.2. The van der Waals surface area contributed by atoms with Gasteiger partial charge >= 0.3 is 5.97 Å². The van der Waals surface area contributed by atoms with Crippen molar-refractivity contribution in [2.75, 3.05) is 33.4 Å². The van der Waals surface area contributed by atoms with Gasteiger partial charge in [-0.25, -0.2) is 0 Å². The number of hydrogen-bond acceptors (Lipinski definition) is 4. The molecule has 1 heterocycles. The van der Waals surface area contributed by atoms with E-state index in [0.717, 1.165) is 45.3 Å². The molecule has 0 N–H and O–H groups in total. The Labute approximate surface area is 162 Å². The molecule has 4 nitrogen and oxygen atoms in total. The number of likely N-dealkylation sites (tertiary alicyclic amines) is 1. The molecule has 1 saturated heterocycles. The Morgan fingerprint density at radius 2 is 1.58 bits per heavy atom. The van der Waals surface area contributed by atoms with Gasteiger partial charge in [0.25, 0.3) is 0 Å². The molecule has 1 atom stereocenters. The Balaban J connectivity index is 1.79. The first-order valence-electron chi connectivity index (χ1n) is 11.2. The van der Waals surface area contributed by atoms with Crippen LogP contribution in [0, 0.1) is 0 Å². The van der Waals surface area contributed by atoms with Crippen molar-refractivity contribution in [3.8, 4) is 0 Å². The Kier molecular flexibility index (Phi) is 14.9. The number of ether oxygens (including phenoxy) is 2. The molecule has 0 aliphatic carbocycles. The molecule has 0 aromatic heterocycles. The molecule has 26 heavy (non-hydrogen) atoms. The minimum Gasteiger partial charge on any atom is -0.466 e. The van der Waals surface area contributed by atoms with Crippen LogP contribution >= 0.6 is 0 Å². The van der Waals surface area contributed by atoms with Crippen LogP contribution in [-0.4, -0.2) is 50.3 Å². The second kappa shape index (κ2) is 16.6. The minimum atomic E-state index is -0.00909. The van der Waals surface area contributed by atoms with Crippen LogP contribution in [0.25, 0.3) is 0 Å². The highest BCUT2D eigenvalue weighted by Gasteiger charge is 2.20. The lowest BCUT2D eigenvalue weighted by Gasteiger charge is -2.15. The highest BCUT2D eigenvalue weighted by molar-refractivity contribution is 5.69. The van der Waals surface area contributed by atoms with Crippen LogP contribution in [0.2, 0.25) is 0 Å². The van der Waals surface area contributed by atoms with Crippen LogP contribution in [-0.2, 0) is 14.3 Å². The molecule has 0 radical (unpaired) electrons. The monoisotopic (exact) mass is 369 g/mol. The van der Waals surface area contributed by atoms with E-state index >= 15 is 0 Å². The third-order valence-corrected chi connectivity index (χ3v) is 5.43. The zero-order valence-electron chi connectivity index (χ0n) is 17.5. The molecule has 0 aromatic rings. The number of nitrogens with zero attached hydrogens (tertiary/aromatic N) is 1. The largest absolute Gasteiger partial charge is 0.466 e. The minimum absolute atomic E-state index is 0.00909. The van der Waals surface area contributed by atoms with Gasteiger partial charge in [0.1, 0.15) is 0 Å². The fraction of sp³-hybridized carbons (Fsp3) is 0.955. The lowest BCUT2D eigenvalue weighted by Crippen LogP contribution is -2.23. The van der Waals surface area contributed by atoms with Crippen LogP contribution in [0.5, 0.6) is 0 Å². The average Bonchev–Trinajstić information content (AvgIpc) is 3.11. The van der Waals surface area contributed by atoms with Gasteiger partial charge in [0.2, 0.25) is 0 Å². The van der Waals surface area contributed by atoms with E-state index in [0.29, 0.717) is 19.1 Å². The predicted molar refractivity (Wildman–Crippen MR) is 109 cm³/mol. The molecule has 1 fully saturated rings. The van der Waals surface area contributed by atoms with E-state index in [1.54, 1.807) is 7.11 Å². The zero-order valence-corrected chi connectivity index (χ0v) is 17.5. The van der Waals surface area contributed by atoms with Crippen molar-refractivity contribution in [1.29, 1.82) is 0 Å². The molecule has 1 unspecified atom stereocenters. The highest BCUT2D eigenvalue weighted by atomic mass is 16.5. The lowest BCUT2D eigenvalue weighted by atomic mass is 10.1. The summed E-state index contributed by atoms with van der Waals surface area (Å²) in [7, 11) is 1.80. The van der Waals surface area contributed by atoms with Crippen molar-refractivity contribution in [3.05, 3.63) is 0 Å². The normalized spacial score (nSPS) is 17.7. The van der Waals surface area contributed by atoms with Gasteiger partial charge in [-0.2, -0.15) is 0 Å². The smallest absolute Gasteiger partial charge is 0.305 e. The molecular formula is C22H43NO3. The van der Waals surface area contributed by atoms with Crippen LogP contribution in [0.4, 0.5) is 0 Å². The molecule has 1 aliphatic rings. The zero-order chi connectivity index (χ0) is 18.9. The van der Waals surface area contributed by atoms with Gasteiger partial charge in [-0.1, -0.05) is 64.7 Å². The van der Waals surface area contributed by atoms with Crippen molar-refractivity contribution in [2.24, 2.45) is 0 Å². The fourth-order valence-electron chi connectivity index (χ4n) is 3.65. The van der Waals surface area contributed by atoms with Crippen LogP contribution in [0.15, 0.2) is 0 Å². The number of unbranched alkanes of at least 4 members (excludes halogenated alkanes) is 10. The molecule has 0 amide bonds. The van der Waals surface area contributed by atoms with Gasteiger partial charge in [-0.15, -0.1) is 0 Å². The standard InChI is InChI=1S/C22H43NO3/c1-3-4-5-6-7-8-9-10-14-19-26-22(24)15-12-11-13-17-23-18-16-21(20-23)25-2/h21H,3-20H2,1-2H3. The van der Waals surface area contributed by atoms with Gasteiger partial charge in [0.05, 0.1) is 12.7 Å². The maximum atomic E-state index is 11.7. The van der Waals surface area contributed by atoms with E-state index in [1.807, 2.05) is 0 Å². The van der Waals surface area contributed by atoms with Gasteiger partial charge in [-0.05, 0) is 32.2 Å². The van der Waals surface area contributed by atoms with E-state index in [-0.39, 0.29) is 5.97 Å². The molecule has 0 spiro atoms. The summed E-state index contributed by atoms with van der Waals surface area (Å²) in [6.45, 7) is 6.22. The molecule has 0 saturated carbocycles. The van der Waals surface area contributed by atoms with Crippen molar-refractivity contribution < 1.29 is 14.3 Å². The maximum absolute atomic E-state index is 11.7. The second-order valence-electron chi connectivity index (χ2n) is 7.81. The van der Waals surface area contributed by atoms with Crippen LogP contribution in [0.3, 0.4) is 0 Å². The summed E-state index contributed by atoms with van der Waals surface area (Å²) in [5.41, 5.74) is 0. The summed E-state index contributed by atoms with van der Waals surface area (Å²) < 4.78 is 10.7. The highest BCUT2D eigenvalue weighted by Crippen LogP contribution is 2.13. The first-order chi connectivity index (χ1) is 12.8. The molecular weight excluding hydrogens is 326 g/mol. The molecule has 0 bridgehead atoms. The number of esters is 1. The number of carbonyl (C=O) groups excluding carboxylic acids is 1. The van der Waals surface area contributed by atoms with Crippen LogP contribution in [0.1, 0.15) is 96.8 Å². The van der Waals surface area contributed by atoms with Gasteiger partial charge in [0, 0.05) is 26.6 Å². The topological polar surface area (TPSA) is 38.8 Å². The molecule has 4 heteroatoms. The number of hydrogen-bond donors (Lipinski definition) is 0. The van der Waals surface area contributed by atoms with E-state index in [2.05, 4.69) is 11.8 Å². The average molecular weight is 370 g/mol. The van der Waals surface area contributed by atoms with Gasteiger partial charge in [-0.3, -0.25) is 4.79 Å². The Hall–Kier alpha value is -0.610. The van der Waals surface area contributed by atoms with Gasteiger partial charge < -0.3 is 14.4 Å². The van der Waals surface area contributed by atoms with Crippen molar-refractivity contribution in [3.63, 3.8) is 0 Å². The summed E-state index contributed by atoms with van der Waals surface area (Å²) >= 11 is 0. The Morgan fingerprint density at radius 1 is 0.923 bits per heavy atom. The molecule has 1 aliphatic heterocycles. The van der Waals surface area contributed by atoms with Crippen molar-refractivity contribution in [2.45, 2.75) is 103 Å². The van der Waals surface area contributed by atoms with Crippen molar-refractivity contribution in [1.82, 2.24) is 4.90 Å². The van der Waals surface area contributed by atoms with Crippen molar-refractivity contribution >= 4 is 5.97 Å². The van der Waals surface area contributed by atoms with E-state index in [9.17, 15) is 4.79 Å². The first kappa shape index (κ1) is 23.4. The van der Waals surface area contributed by atoms with E-state index < -0.39 is 0 Å². The third-order valence-electron chi connectivity index (χ3n) is 5.43. The molecule has 1 rings (SSSR count). The summed E-state index contributed by atoms with van der Waals surface area (Å²) in [5.74, 6) is -0.00909. The number of rotatable bonds is 17. The third kappa shape index (κ3) is 12.7. The molecule has 0 aromatic carbocycles. The van der Waals surface area contributed by atoms with E-state index in [4.69, 9.17) is 9.47 Å².